The number of aliphatic carboxylic acids is 1. The predicted octanol–water partition coefficient (Wildman–Crippen LogP) is 4.99. The number of carbonyl (C=O) groups is 1. The summed E-state index contributed by atoms with van der Waals surface area (Å²) >= 11 is 9.08. The standard InChI is InChI=1S/C14H15BrClFO2/c15-11-7-6-9(13(17)12(11)16)8-4-2-1-3-5-10(8)14(18)19/h6-8,10H,1-5H2,(H,18,19). The zero-order valence-corrected chi connectivity index (χ0v) is 12.7. The fraction of sp³-hybridized carbons (Fsp3) is 0.500. The van der Waals surface area contributed by atoms with Gasteiger partial charge in [-0.2, -0.15) is 0 Å². The molecular formula is C14H15BrClFO2. The van der Waals surface area contributed by atoms with Gasteiger partial charge in [-0.15, -0.1) is 0 Å². The zero-order valence-electron chi connectivity index (χ0n) is 10.3. The van der Waals surface area contributed by atoms with Crippen LogP contribution in [0.25, 0.3) is 0 Å². The van der Waals surface area contributed by atoms with Gasteiger partial charge in [-0.1, -0.05) is 36.9 Å². The number of rotatable bonds is 2. The number of benzene rings is 1. The smallest absolute Gasteiger partial charge is 0.307 e. The molecule has 0 saturated heterocycles. The second-order valence-corrected chi connectivity index (χ2v) is 6.19. The van der Waals surface area contributed by atoms with Crippen molar-refractivity contribution in [2.75, 3.05) is 0 Å². The van der Waals surface area contributed by atoms with Crippen LogP contribution in [0.15, 0.2) is 16.6 Å². The fourth-order valence-electron chi connectivity index (χ4n) is 2.80. The van der Waals surface area contributed by atoms with E-state index in [4.69, 9.17) is 11.6 Å². The second kappa shape index (κ2) is 6.23. The van der Waals surface area contributed by atoms with Gasteiger partial charge in [-0.25, -0.2) is 4.39 Å². The van der Waals surface area contributed by atoms with E-state index in [2.05, 4.69) is 15.9 Å². The Labute approximate surface area is 125 Å². The lowest BCUT2D eigenvalue weighted by atomic mass is 9.82. The van der Waals surface area contributed by atoms with Gasteiger partial charge in [0.2, 0.25) is 0 Å². The fourth-order valence-corrected chi connectivity index (χ4v) is 3.28. The highest BCUT2D eigenvalue weighted by Gasteiger charge is 2.32. The first kappa shape index (κ1) is 14.8. The lowest BCUT2D eigenvalue weighted by Gasteiger charge is -2.23. The second-order valence-electron chi connectivity index (χ2n) is 4.95. The van der Waals surface area contributed by atoms with Crippen LogP contribution < -0.4 is 0 Å². The van der Waals surface area contributed by atoms with E-state index in [9.17, 15) is 14.3 Å². The van der Waals surface area contributed by atoms with Gasteiger partial charge >= 0.3 is 5.97 Å². The topological polar surface area (TPSA) is 37.3 Å². The van der Waals surface area contributed by atoms with Crippen molar-refractivity contribution >= 4 is 33.5 Å². The van der Waals surface area contributed by atoms with Gasteiger partial charge in [0.05, 0.1) is 10.9 Å². The van der Waals surface area contributed by atoms with Crippen molar-refractivity contribution < 1.29 is 14.3 Å². The Bertz CT molecular complexity index is 493. The largest absolute Gasteiger partial charge is 0.481 e. The van der Waals surface area contributed by atoms with Crippen molar-refractivity contribution in [3.63, 3.8) is 0 Å². The van der Waals surface area contributed by atoms with Crippen LogP contribution >= 0.6 is 27.5 Å². The molecule has 0 aromatic heterocycles. The molecule has 0 heterocycles. The highest BCUT2D eigenvalue weighted by molar-refractivity contribution is 9.10. The molecule has 0 spiro atoms. The summed E-state index contributed by atoms with van der Waals surface area (Å²) < 4.78 is 14.8. The van der Waals surface area contributed by atoms with Crippen molar-refractivity contribution in [1.82, 2.24) is 0 Å². The minimum absolute atomic E-state index is 0.0332. The van der Waals surface area contributed by atoms with Gasteiger partial charge < -0.3 is 5.11 Å². The minimum atomic E-state index is -0.842. The van der Waals surface area contributed by atoms with E-state index in [-0.39, 0.29) is 10.9 Å². The summed E-state index contributed by atoms with van der Waals surface area (Å²) in [6.45, 7) is 0. The Balaban J connectivity index is 2.42. The van der Waals surface area contributed by atoms with Gasteiger partial charge in [-0.3, -0.25) is 4.79 Å². The van der Waals surface area contributed by atoms with Crippen LogP contribution in [0.5, 0.6) is 0 Å². The molecule has 2 unspecified atom stereocenters. The third-order valence-electron chi connectivity index (χ3n) is 3.80. The van der Waals surface area contributed by atoms with Crippen molar-refractivity contribution in [1.29, 1.82) is 0 Å². The molecule has 1 aromatic rings. The normalized spacial score (nSPS) is 23.9. The molecule has 0 aliphatic heterocycles. The summed E-state index contributed by atoms with van der Waals surface area (Å²) in [5.74, 6) is -2.14. The summed E-state index contributed by atoms with van der Waals surface area (Å²) in [7, 11) is 0. The lowest BCUT2D eigenvalue weighted by Crippen LogP contribution is -2.22. The highest BCUT2D eigenvalue weighted by Crippen LogP contribution is 2.40. The molecule has 2 rings (SSSR count). The molecule has 19 heavy (non-hydrogen) atoms. The quantitative estimate of drug-likeness (QED) is 0.603. The molecule has 5 heteroatoms. The van der Waals surface area contributed by atoms with Crippen molar-refractivity contribution in [2.45, 2.75) is 38.0 Å². The average molecular weight is 350 g/mol. The Morgan fingerprint density at radius 1 is 1.32 bits per heavy atom. The monoisotopic (exact) mass is 348 g/mol. The Morgan fingerprint density at radius 2 is 2.00 bits per heavy atom. The average Bonchev–Trinajstić information content (AvgIpc) is 2.62. The van der Waals surface area contributed by atoms with Crippen LogP contribution in [0, 0.1) is 11.7 Å². The van der Waals surface area contributed by atoms with Gasteiger partial charge in [0.25, 0.3) is 0 Å². The van der Waals surface area contributed by atoms with Gasteiger partial charge in [0, 0.05) is 10.4 Å². The van der Waals surface area contributed by atoms with Crippen molar-refractivity contribution in [3.05, 3.63) is 33.0 Å². The van der Waals surface area contributed by atoms with E-state index >= 15 is 0 Å². The summed E-state index contributed by atoms with van der Waals surface area (Å²) in [6.07, 6.45) is 4.13. The molecule has 104 valence electrons. The van der Waals surface area contributed by atoms with Crippen LogP contribution in [0.4, 0.5) is 4.39 Å². The third-order valence-corrected chi connectivity index (χ3v) is 5.06. The molecule has 1 N–H and O–H groups in total. The van der Waals surface area contributed by atoms with Crippen molar-refractivity contribution in [3.8, 4) is 0 Å². The Hall–Kier alpha value is -0.610. The molecule has 0 amide bonds. The lowest BCUT2D eigenvalue weighted by molar-refractivity contribution is -0.142. The molecule has 1 aliphatic rings. The number of hydrogen-bond donors (Lipinski definition) is 1. The highest BCUT2D eigenvalue weighted by atomic mass is 79.9. The predicted molar refractivity (Wildman–Crippen MR) is 76.1 cm³/mol. The summed E-state index contributed by atoms with van der Waals surface area (Å²) in [4.78, 5) is 11.4. The molecule has 0 bridgehead atoms. The van der Waals surface area contributed by atoms with E-state index in [1.807, 2.05) is 0 Å². The van der Waals surface area contributed by atoms with Crippen molar-refractivity contribution in [2.24, 2.45) is 5.92 Å². The van der Waals surface area contributed by atoms with Gasteiger partial charge in [-0.05, 0) is 40.4 Å². The zero-order chi connectivity index (χ0) is 14.0. The maximum atomic E-state index is 14.3. The van der Waals surface area contributed by atoms with Crippen LogP contribution in [-0.2, 0) is 4.79 Å². The van der Waals surface area contributed by atoms with Gasteiger partial charge in [0.1, 0.15) is 5.82 Å². The Morgan fingerprint density at radius 3 is 2.68 bits per heavy atom. The Kier molecular flexibility index (Phi) is 4.85. The summed E-state index contributed by atoms with van der Waals surface area (Å²) in [6, 6.07) is 3.34. The van der Waals surface area contributed by atoms with E-state index in [0.29, 0.717) is 22.9 Å². The number of hydrogen-bond acceptors (Lipinski definition) is 1. The van der Waals surface area contributed by atoms with Crippen LogP contribution in [0.1, 0.15) is 43.6 Å². The molecule has 1 saturated carbocycles. The first-order valence-electron chi connectivity index (χ1n) is 6.38. The maximum absolute atomic E-state index is 14.3. The van der Waals surface area contributed by atoms with Gasteiger partial charge in [0.15, 0.2) is 0 Å². The maximum Gasteiger partial charge on any atom is 0.307 e. The number of carboxylic acids is 1. The molecular weight excluding hydrogens is 335 g/mol. The first-order valence-corrected chi connectivity index (χ1v) is 7.55. The molecule has 1 aliphatic carbocycles. The van der Waals surface area contributed by atoms with E-state index in [1.165, 1.54) is 0 Å². The molecule has 2 atom stereocenters. The molecule has 0 radical (unpaired) electrons. The summed E-state index contributed by atoms with van der Waals surface area (Å²) in [5.41, 5.74) is 0.433. The van der Waals surface area contributed by atoms with Crippen LogP contribution in [0.2, 0.25) is 5.02 Å². The van der Waals surface area contributed by atoms with E-state index < -0.39 is 17.7 Å². The minimum Gasteiger partial charge on any atom is -0.481 e. The molecule has 2 nitrogen and oxygen atoms in total. The summed E-state index contributed by atoms with van der Waals surface area (Å²) in [5, 5.41) is 9.38. The van der Waals surface area contributed by atoms with E-state index in [0.717, 1.165) is 19.3 Å². The molecule has 1 aromatic carbocycles. The third kappa shape index (κ3) is 3.11. The number of carboxylic acid groups (broad SMARTS) is 1. The van der Waals surface area contributed by atoms with Crippen LogP contribution in [0.3, 0.4) is 0 Å². The van der Waals surface area contributed by atoms with Crippen LogP contribution in [-0.4, -0.2) is 11.1 Å². The number of halogens is 3. The van der Waals surface area contributed by atoms with E-state index in [1.54, 1.807) is 12.1 Å². The molecule has 1 fully saturated rings. The SMILES string of the molecule is O=C(O)C1CCCCCC1c1ccc(Br)c(Cl)c1F. The first-order chi connectivity index (χ1) is 9.02.